The van der Waals surface area contributed by atoms with Crippen molar-refractivity contribution in [2.75, 3.05) is 43.7 Å². The number of nitrogen functional groups attached to an aromatic ring is 2. The van der Waals surface area contributed by atoms with E-state index in [0.29, 0.717) is 50.3 Å². The van der Waals surface area contributed by atoms with Crippen molar-refractivity contribution >= 4 is 27.2 Å². The fourth-order valence-corrected chi connectivity index (χ4v) is 7.22. The maximum atomic E-state index is 9.73. The zero-order chi connectivity index (χ0) is 68.2. The maximum absolute atomic E-state index is 9.73. The summed E-state index contributed by atoms with van der Waals surface area (Å²) in [6.45, 7) is 40.3. The molecule has 0 aliphatic rings. The lowest BCUT2D eigenvalue weighted by Gasteiger charge is -2.06. The fraction of sp³-hybridized carbons (Fsp3) is 0.347. The number of benzene rings is 6. The molecule has 9 aromatic rings. The van der Waals surface area contributed by atoms with Gasteiger partial charge in [-0.3, -0.25) is 4.55 Å². The SMILES string of the molecule is C=C(OO)S(=O)(=O)O.CC.CC.CC.CC.CC.CC.CNc1ccc(OCCc2nc(-c3ccc(C)cc3)oc2C)cc1.Cc1ccc(-c2nc(CCOc3ccc(N)cc3)c(C)o2)cc1.Cc1ccc(-c2nc(CCOc3ccc(N)cc3)c(C)o2)cc1. The van der Waals surface area contributed by atoms with Gasteiger partial charge in [0, 0.05) is 60.1 Å². The van der Waals surface area contributed by atoms with Gasteiger partial charge < -0.3 is 49.1 Å². The van der Waals surface area contributed by atoms with Gasteiger partial charge in [0.05, 0.1) is 36.9 Å². The number of nitrogens with zero attached hydrogens (tertiary/aromatic N) is 3. The van der Waals surface area contributed by atoms with Crippen molar-refractivity contribution in [1.82, 2.24) is 15.0 Å². The molecule has 0 saturated carbocycles. The quantitative estimate of drug-likeness (QED) is 0.0176. The third kappa shape index (κ3) is 29.9. The first-order valence-corrected chi connectivity index (χ1v) is 32.3. The Morgan fingerprint density at radius 3 is 0.900 bits per heavy atom. The molecule has 0 radical (unpaired) electrons. The van der Waals surface area contributed by atoms with Crippen LogP contribution >= 0.6 is 0 Å². The fourth-order valence-electron chi connectivity index (χ4n) is 7.13. The third-order valence-electron chi connectivity index (χ3n) is 11.7. The Morgan fingerprint density at radius 1 is 0.444 bits per heavy atom. The second kappa shape index (κ2) is 46.3. The Labute approximate surface area is 537 Å². The van der Waals surface area contributed by atoms with Gasteiger partial charge in [-0.15, -0.1) is 0 Å². The molecular weight excluding hydrogens is 1160 g/mol. The lowest BCUT2D eigenvalue weighted by molar-refractivity contribution is -0.193. The van der Waals surface area contributed by atoms with Crippen LogP contribution < -0.4 is 31.0 Å². The van der Waals surface area contributed by atoms with Crippen LogP contribution in [0, 0.1) is 41.5 Å². The highest BCUT2D eigenvalue weighted by molar-refractivity contribution is 7.89. The maximum Gasteiger partial charge on any atom is 0.331 e. The van der Waals surface area contributed by atoms with Crippen LogP contribution in [0.1, 0.15) is 134 Å². The zero-order valence-corrected chi connectivity index (χ0v) is 57.6. The Balaban J connectivity index is 0.00000115. The molecule has 0 fully saturated rings. The molecule has 0 amide bonds. The lowest BCUT2D eigenvalue weighted by Crippen LogP contribution is -2.02. The average Bonchev–Trinajstić information content (AvgIpc) is 4.14. The first-order valence-electron chi connectivity index (χ1n) is 30.8. The van der Waals surface area contributed by atoms with Crippen LogP contribution in [0.2, 0.25) is 0 Å². The average molecular weight is 1260 g/mol. The molecule has 7 N–H and O–H groups in total. The molecular formula is C72H102N6O11S. The number of rotatable bonds is 18. The first-order chi connectivity index (χ1) is 43.4. The van der Waals surface area contributed by atoms with Crippen molar-refractivity contribution in [3.05, 3.63) is 208 Å². The van der Waals surface area contributed by atoms with Gasteiger partial charge in [0.15, 0.2) is 0 Å². The highest BCUT2D eigenvalue weighted by Crippen LogP contribution is 2.26. The monoisotopic (exact) mass is 1260 g/mol. The summed E-state index contributed by atoms with van der Waals surface area (Å²) in [5.74, 6) is 6.96. The lowest BCUT2D eigenvalue weighted by atomic mass is 10.1. The van der Waals surface area contributed by atoms with E-state index in [1.165, 1.54) is 16.7 Å². The number of nitrogens with one attached hydrogen (secondary N) is 1. The second-order valence-corrected chi connectivity index (χ2v) is 19.2. The number of aryl methyl sites for hydroxylation is 6. The van der Waals surface area contributed by atoms with Gasteiger partial charge in [0.1, 0.15) is 34.5 Å². The van der Waals surface area contributed by atoms with Gasteiger partial charge in [0.25, 0.3) is 5.09 Å². The van der Waals surface area contributed by atoms with Crippen molar-refractivity contribution in [1.29, 1.82) is 0 Å². The molecule has 0 aliphatic carbocycles. The molecule has 18 heteroatoms. The molecule has 0 spiro atoms. The van der Waals surface area contributed by atoms with E-state index in [9.17, 15) is 8.42 Å². The Hall–Kier alpha value is -8.84. The summed E-state index contributed by atoms with van der Waals surface area (Å²) in [4.78, 5) is 16.9. The predicted octanol–water partition coefficient (Wildman–Crippen LogP) is 18.9. The molecule has 0 unspecified atom stereocenters. The highest BCUT2D eigenvalue weighted by Gasteiger charge is 2.15. The Morgan fingerprint density at radius 2 is 0.689 bits per heavy atom. The van der Waals surface area contributed by atoms with Crippen LogP contribution in [-0.4, -0.2) is 60.0 Å². The topological polar surface area (TPSA) is 254 Å². The Kier molecular flexibility index (Phi) is 41.8. The van der Waals surface area contributed by atoms with Crippen molar-refractivity contribution in [2.24, 2.45) is 0 Å². The van der Waals surface area contributed by atoms with Crippen LogP contribution in [0.25, 0.3) is 34.4 Å². The third-order valence-corrected chi connectivity index (χ3v) is 12.3. The molecule has 0 bridgehead atoms. The summed E-state index contributed by atoms with van der Waals surface area (Å²) >= 11 is 0. The zero-order valence-electron chi connectivity index (χ0n) is 56.8. The van der Waals surface area contributed by atoms with Gasteiger partial charge in [-0.2, -0.15) is 8.42 Å². The molecule has 0 atom stereocenters. The number of aromatic nitrogens is 3. The van der Waals surface area contributed by atoms with Crippen molar-refractivity contribution in [3.8, 4) is 51.6 Å². The standard InChI is InChI=1S/C20H22N2O2.2C19H20N2O2.C2H4O5S.6C2H6/c1-14-4-6-16(7-5-14)20-22-19(15(2)24-20)12-13-23-18-10-8-17(21-3)9-11-18;2*1-13-3-5-15(6-4-13)19-21-18(14(2)23-19)11-12-22-17-9-7-16(20)8-10-17;1-2(7-3)8(4,5)6;6*1-2/h4-11,21H,12-13H2,1-3H3;2*3-10H,11-12,20H2,1-2H3;3H,1H2,(H,4,5,6);6*1-2H3. The number of hydrogen-bond donors (Lipinski definition) is 5. The van der Waals surface area contributed by atoms with Crippen LogP contribution in [0.3, 0.4) is 0 Å². The van der Waals surface area contributed by atoms with E-state index < -0.39 is 15.2 Å². The van der Waals surface area contributed by atoms with Crippen molar-refractivity contribution in [2.45, 2.75) is 144 Å². The van der Waals surface area contributed by atoms with Crippen LogP contribution in [0.5, 0.6) is 17.2 Å². The van der Waals surface area contributed by atoms with Crippen LogP contribution in [0.15, 0.2) is 171 Å². The number of nitrogens with two attached hydrogens (primary N) is 2. The summed E-state index contributed by atoms with van der Waals surface area (Å²) < 4.78 is 61.9. The minimum Gasteiger partial charge on any atom is -0.493 e. The van der Waals surface area contributed by atoms with Gasteiger partial charge in [-0.05, 0) is 157 Å². The van der Waals surface area contributed by atoms with E-state index in [1.807, 2.05) is 220 Å². The van der Waals surface area contributed by atoms with Gasteiger partial charge in [-0.1, -0.05) is 136 Å². The molecule has 17 nitrogen and oxygen atoms in total. The molecule has 492 valence electrons. The molecule has 6 aromatic carbocycles. The highest BCUT2D eigenvalue weighted by atomic mass is 32.2. The van der Waals surface area contributed by atoms with E-state index >= 15 is 0 Å². The van der Waals surface area contributed by atoms with E-state index in [0.717, 1.165) is 91.8 Å². The van der Waals surface area contributed by atoms with Crippen molar-refractivity contribution < 1.29 is 50.6 Å². The summed E-state index contributed by atoms with van der Waals surface area (Å²) in [6.07, 6.45) is 2.12. The van der Waals surface area contributed by atoms with E-state index in [4.69, 9.17) is 48.7 Å². The first kappa shape index (κ1) is 81.2. The summed E-state index contributed by atoms with van der Waals surface area (Å²) in [5, 5.41) is 9.53. The van der Waals surface area contributed by atoms with E-state index in [2.05, 4.69) is 88.9 Å². The number of oxazole rings is 3. The molecule has 0 saturated heterocycles. The molecule has 3 aromatic heterocycles. The number of ether oxygens (including phenoxy) is 3. The predicted molar refractivity (Wildman–Crippen MR) is 372 cm³/mol. The van der Waals surface area contributed by atoms with Gasteiger partial charge >= 0.3 is 10.1 Å². The van der Waals surface area contributed by atoms with E-state index in [1.54, 1.807) is 0 Å². The number of hydrogen-bond acceptors (Lipinski definition) is 16. The molecule has 9 rings (SSSR count). The molecule has 3 heterocycles. The van der Waals surface area contributed by atoms with E-state index in [-0.39, 0.29) is 0 Å². The summed E-state index contributed by atoms with van der Waals surface area (Å²) in [7, 11) is -2.52. The molecule has 0 aliphatic heterocycles. The van der Waals surface area contributed by atoms with Crippen LogP contribution in [-0.2, 0) is 34.3 Å². The van der Waals surface area contributed by atoms with Crippen molar-refractivity contribution in [3.63, 3.8) is 0 Å². The minimum atomic E-state index is -4.42. The summed E-state index contributed by atoms with van der Waals surface area (Å²) in [6, 6.07) is 47.2. The van der Waals surface area contributed by atoms with Gasteiger partial charge in [-0.25, -0.2) is 20.2 Å². The number of anilines is 3. The second-order valence-electron chi connectivity index (χ2n) is 17.8. The molecule has 90 heavy (non-hydrogen) atoms. The minimum absolute atomic E-state index is 0.546. The smallest absolute Gasteiger partial charge is 0.331 e. The normalized spacial score (nSPS) is 9.66. The summed E-state index contributed by atoms with van der Waals surface area (Å²) in [5.41, 5.74) is 23.3. The largest absolute Gasteiger partial charge is 0.493 e. The van der Waals surface area contributed by atoms with Crippen LogP contribution in [0.4, 0.5) is 17.1 Å². The Bertz CT molecular complexity index is 3260. The van der Waals surface area contributed by atoms with Gasteiger partial charge in [0.2, 0.25) is 17.7 Å².